The van der Waals surface area contributed by atoms with E-state index in [2.05, 4.69) is 77.2 Å². The number of rotatable bonds is 6. The Labute approximate surface area is 251 Å². The molecule has 9 nitrogen and oxygen atoms in total. The zero-order chi connectivity index (χ0) is 29.4. The molecule has 42 heavy (non-hydrogen) atoms. The number of carbonyl (C=O) groups is 1. The summed E-state index contributed by atoms with van der Waals surface area (Å²) in [7, 11) is 4.46. The van der Waals surface area contributed by atoms with E-state index in [9.17, 15) is 10.1 Å². The van der Waals surface area contributed by atoms with Gasteiger partial charge in [0.1, 0.15) is 0 Å². The Morgan fingerprint density at radius 2 is 2.07 bits per heavy atom. The van der Waals surface area contributed by atoms with Crippen molar-refractivity contribution in [1.29, 1.82) is 5.26 Å². The molecule has 0 aromatic heterocycles. The second kappa shape index (κ2) is 12.3. The van der Waals surface area contributed by atoms with E-state index >= 15 is 0 Å². The second-order valence-electron chi connectivity index (χ2n) is 13.6. The highest BCUT2D eigenvalue weighted by Gasteiger charge is 2.50. The summed E-state index contributed by atoms with van der Waals surface area (Å²) < 4.78 is 6.60. The number of likely N-dealkylation sites (N-methyl/N-ethyl adjacent to an activating group) is 1. The summed E-state index contributed by atoms with van der Waals surface area (Å²) >= 11 is 0. The number of anilines is 1. The minimum absolute atomic E-state index is 0.0792. The number of para-hydroxylation sites is 1. The maximum Gasteiger partial charge on any atom is 0.246 e. The van der Waals surface area contributed by atoms with Gasteiger partial charge in [-0.05, 0) is 81.7 Å². The van der Waals surface area contributed by atoms with Crippen LogP contribution in [0.1, 0.15) is 49.7 Å². The molecular formula is C33H49N7O2. The molecular weight excluding hydrogens is 526 g/mol. The molecule has 4 aliphatic heterocycles. The standard InChI is InChI=1S/C33H49N7O2/c1-5-29(41)40-17-16-39(20-25(40)12-14-34)31-27-11-13-33(18-24-9-6-8-23(2)30(24)38(4)22-33)19-28(27)35-32(36-31)42-21-26-10-7-15-37(26)3/h5-6,8-9,25-28,31-32,35-36H,1,7,10-13,15-22H2,2-4H3/t25?,26?,27?,28?,31?,32?,33-/m1/s1. The molecule has 6 unspecified atom stereocenters. The van der Waals surface area contributed by atoms with Crippen LogP contribution in [0.3, 0.4) is 0 Å². The van der Waals surface area contributed by atoms with Gasteiger partial charge in [-0.3, -0.25) is 20.3 Å². The van der Waals surface area contributed by atoms with Gasteiger partial charge in [0, 0.05) is 56.9 Å². The average molecular weight is 576 g/mol. The van der Waals surface area contributed by atoms with Gasteiger partial charge < -0.3 is 19.4 Å². The zero-order valence-corrected chi connectivity index (χ0v) is 25.7. The van der Waals surface area contributed by atoms with Crippen LogP contribution in [0.25, 0.3) is 0 Å². The third-order valence-electron chi connectivity index (χ3n) is 10.9. The molecule has 4 fully saturated rings. The van der Waals surface area contributed by atoms with E-state index in [1.807, 2.05) is 4.90 Å². The third kappa shape index (κ3) is 5.72. The smallest absolute Gasteiger partial charge is 0.246 e. The first-order valence-corrected chi connectivity index (χ1v) is 16.0. The minimum Gasteiger partial charge on any atom is -0.374 e. The van der Waals surface area contributed by atoms with Crippen molar-refractivity contribution < 1.29 is 9.53 Å². The Morgan fingerprint density at radius 3 is 2.83 bits per heavy atom. The summed E-state index contributed by atoms with van der Waals surface area (Å²) in [6.45, 7) is 10.9. The molecule has 4 heterocycles. The van der Waals surface area contributed by atoms with Crippen molar-refractivity contribution in [2.24, 2.45) is 11.3 Å². The van der Waals surface area contributed by atoms with E-state index in [0.29, 0.717) is 44.1 Å². The minimum atomic E-state index is -0.224. The van der Waals surface area contributed by atoms with Crippen molar-refractivity contribution in [3.8, 4) is 6.07 Å². The van der Waals surface area contributed by atoms with Crippen LogP contribution >= 0.6 is 0 Å². The number of amides is 1. The Hall–Kier alpha value is -2.48. The number of nitrogens with zero attached hydrogens (tertiary/aromatic N) is 5. The molecule has 5 aliphatic rings. The summed E-state index contributed by atoms with van der Waals surface area (Å²) in [5.74, 6) is 0.350. The zero-order valence-electron chi connectivity index (χ0n) is 25.7. The number of carbonyl (C=O) groups excluding carboxylic acids is 1. The quantitative estimate of drug-likeness (QED) is 0.501. The van der Waals surface area contributed by atoms with Crippen molar-refractivity contribution in [1.82, 2.24) is 25.3 Å². The van der Waals surface area contributed by atoms with Crippen molar-refractivity contribution in [2.45, 2.75) is 82.5 Å². The maximum absolute atomic E-state index is 12.6. The number of nitriles is 1. The Balaban J connectivity index is 1.22. The Morgan fingerprint density at radius 1 is 1.21 bits per heavy atom. The highest BCUT2D eigenvalue weighted by atomic mass is 16.5. The van der Waals surface area contributed by atoms with Crippen LogP contribution in [-0.2, 0) is 16.0 Å². The predicted molar refractivity (Wildman–Crippen MR) is 165 cm³/mol. The van der Waals surface area contributed by atoms with Crippen LogP contribution in [0.15, 0.2) is 30.9 Å². The number of likely N-dealkylation sites (tertiary alicyclic amines) is 1. The molecule has 1 aromatic carbocycles. The third-order valence-corrected chi connectivity index (χ3v) is 10.9. The first kappa shape index (κ1) is 29.6. The molecule has 7 atom stereocenters. The van der Waals surface area contributed by atoms with Gasteiger partial charge in [0.2, 0.25) is 5.91 Å². The topological polar surface area (TPSA) is 87.1 Å². The van der Waals surface area contributed by atoms with Crippen LogP contribution in [0.4, 0.5) is 5.69 Å². The van der Waals surface area contributed by atoms with Crippen LogP contribution in [-0.4, -0.2) is 105 Å². The SMILES string of the molecule is C=CC(=O)N1CCN(C2NC(OCC3CCCN3C)NC3C[C@@]4(CCC32)Cc2cccc(C)c2N(C)C4)CC1CC#N. The molecule has 1 aromatic rings. The largest absolute Gasteiger partial charge is 0.374 e. The number of fused-ring (bicyclic) bond motifs is 2. The first-order valence-electron chi connectivity index (χ1n) is 16.0. The molecule has 1 amide bonds. The van der Waals surface area contributed by atoms with Crippen LogP contribution in [0, 0.1) is 29.6 Å². The monoisotopic (exact) mass is 575 g/mol. The molecule has 9 heteroatoms. The summed E-state index contributed by atoms with van der Waals surface area (Å²) in [6.07, 6.45) is 8.61. The summed E-state index contributed by atoms with van der Waals surface area (Å²) in [6, 6.07) is 9.76. The molecule has 2 N–H and O–H groups in total. The van der Waals surface area contributed by atoms with E-state index in [1.54, 1.807) is 0 Å². The van der Waals surface area contributed by atoms with Gasteiger partial charge in [0.05, 0.1) is 31.3 Å². The van der Waals surface area contributed by atoms with E-state index in [-0.39, 0.29) is 29.9 Å². The lowest BCUT2D eigenvalue weighted by Crippen LogP contribution is -2.73. The lowest BCUT2D eigenvalue weighted by molar-refractivity contribution is -0.137. The van der Waals surface area contributed by atoms with Crippen molar-refractivity contribution in [3.05, 3.63) is 42.0 Å². The normalized spacial score (nSPS) is 35.5. The van der Waals surface area contributed by atoms with Crippen molar-refractivity contribution >= 4 is 11.6 Å². The number of ether oxygens (including phenoxy) is 1. The molecule has 0 bridgehead atoms. The second-order valence-corrected chi connectivity index (χ2v) is 13.6. The van der Waals surface area contributed by atoms with E-state index in [4.69, 9.17) is 4.74 Å². The van der Waals surface area contributed by atoms with Gasteiger partial charge in [-0.15, -0.1) is 0 Å². The molecule has 1 aliphatic carbocycles. The highest BCUT2D eigenvalue weighted by Crippen LogP contribution is 2.49. The molecule has 228 valence electrons. The molecule has 1 saturated carbocycles. The summed E-state index contributed by atoms with van der Waals surface area (Å²) in [4.78, 5) is 21.8. The molecule has 3 saturated heterocycles. The maximum atomic E-state index is 12.6. The molecule has 1 spiro atoms. The van der Waals surface area contributed by atoms with Crippen LogP contribution < -0.4 is 15.5 Å². The van der Waals surface area contributed by atoms with Gasteiger partial charge in [0.25, 0.3) is 0 Å². The highest BCUT2D eigenvalue weighted by molar-refractivity contribution is 5.87. The fourth-order valence-electron chi connectivity index (χ4n) is 8.92. The number of benzene rings is 1. The van der Waals surface area contributed by atoms with Crippen molar-refractivity contribution in [2.75, 3.05) is 58.3 Å². The molecule has 0 radical (unpaired) electrons. The first-order chi connectivity index (χ1) is 20.3. The number of nitrogens with one attached hydrogen (secondary N) is 2. The number of piperazine rings is 1. The predicted octanol–water partition coefficient (Wildman–Crippen LogP) is 2.67. The van der Waals surface area contributed by atoms with Gasteiger partial charge >= 0.3 is 0 Å². The summed E-state index contributed by atoms with van der Waals surface area (Å²) in [5, 5.41) is 17.4. The van der Waals surface area contributed by atoms with E-state index < -0.39 is 0 Å². The van der Waals surface area contributed by atoms with E-state index in [0.717, 1.165) is 38.9 Å². The Kier molecular flexibility index (Phi) is 8.63. The van der Waals surface area contributed by atoms with Crippen molar-refractivity contribution in [3.63, 3.8) is 0 Å². The van der Waals surface area contributed by atoms with Crippen LogP contribution in [0.2, 0.25) is 0 Å². The van der Waals surface area contributed by atoms with Gasteiger partial charge in [-0.25, -0.2) is 0 Å². The number of hydrogen-bond donors (Lipinski definition) is 2. The number of aryl methyl sites for hydroxylation is 1. The lowest BCUT2D eigenvalue weighted by Gasteiger charge is -2.57. The lowest BCUT2D eigenvalue weighted by atomic mass is 9.62. The fourth-order valence-corrected chi connectivity index (χ4v) is 8.92. The summed E-state index contributed by atoms with van der Waals surface area (Å²) in [5.41, 5.74) is 4.50. The van der Waals surface area contributed by atoms with Crippen LogP contribution in [0.5, 0.6) is 0 Å². The Bertz CT molecular complexity index is 1200. The number of hydrogen-bond acceptors (Lipinski definition) is 8. The average Bonchev–Trinajstić information content (AvgIpc) is 3.39. The van der Waals surface area contributed by atoms with E-state index in [1.165, 1.54) is 42.2 Å². The molecule has 6 rings (SSSR count). The fraction of sp³-hybridized carbons (Fsp3) is 0.697. The van der Waals surface area contributed by atoms with Gasteiger partial charge in [0.15, 0.2) is 6.35 Å². The van der Waals surface area contributed by atoms with Gasteiger partial charge in [-0.1, -0.05) is 24.8 Å². The van der Waals surface area contributed by atoms with Gasteiger partial charge in [-0.2, -0.15) is 5.26 Å².